The van der Waals surface area contributed by atoms with Crippen LogP contribution in [0.5, 0.6) is 5.75 Å². The fraction of sp³-hybridized carbons (Fsp3) is 0.0500. The molecular weight excluding hydrogens is 348 g/mol. The van der Waals surface area contributed by atoms with Crippen molar-refractivity contribution in [1.82, 2.24) is 0 Å². The van der Waals surface area contributed by atoms with Crippen molar-refractivity contribution < 1.29 is 13.2 Å². The van der Waals surface area contributed by atoms with Crippen LogP contribution in [-0.4, -0.2) is 15.5 Å². The number of rotatable bonds is 2. The molecule has 0 saturated heterocycles. The highest BCUT2D eigenvalue weighted by atomic mass is 32.2. The SMILES string of the molecule is COc1cc(C#N)ccc1N1c2ccccc2S(=O)(=O)c2ccccc21. The first-order chi connectivity index (χ1) is 12.6. The third kappa shape index (κ3) is 2.25. The van der Waals surface area contributed by atoms with E-state index >= 15 is 0 Å². The molecule has 128 valence electrons. The molecule has 3 aromatic rings. The predicted octanol–water partition coefficient (Wildman–Crippen LogP) is 4.18. The van der Waals surface area contributed by atoms with Gasteiger partial charge in [0.05, 0.1) is 45.6 Å². The standard InChI is InChI=1S/C20H14N2O3S/c1-25-18-12-14(13-21)10-11-15(18)22-16-6-2-4-8-19(16)26(23,24)20-9-5-3-7-17(20)22/h2-12H,1H3. The Morgan fingerprint density at radius 2 is 1.46 bits per heavy atom. The third-order valence-corrected chi connectivity index (χ3v) is 6.19. The van der Waals surface area contributed by atoms with Crippen molar-refractivity contribution >= 4 is 26.9 Å². The summed E-state index contributed by atoms with van der Waals surface area (Å²) in [5, 5.41) is 9.14. The van der Waals surface area contributed by atoms with E-state index in [1.54, 1.807) is 66.7 Å². The molecule has 0 N–H and O–H groups in total. The second-order valence-corrected chi connectivity index (χ2v) is 7.66. The molecule has 0 radical (unpaired) electrons. The Morgan fingerprint density at radius 1 is 0.885 bits per heavy atom. The molecule has 0 amide bonds. The van der Waals surface area contributed by atoms with E-state index in [1.807, 2.05) is 4.90 Å². The van der Waals surface area contributed by atoms with Gasteiger partial charge in [0.25, 0.3) is 0 Å². The molecule has 0 aliphatic carbocycles. The molecule has 1 aliphatic heterocycles. The van der Waals surface area contributed by atoms with Crippen LogP contribution in [0.3, 0.4) is 0 Å². The van der Waals surface area contributed by atoms with Crippen molar-refractivity contribution in [1.29, 1.82) is 5.26 Å². The molecule has 0 aromatic heterocycles. The number of hydrogen-bond acceptors (Lipinski definition) is 5. The number of ether oxygens (including phenoxy) is 1. The van der Waals surface area contributed by atoms with E-state index in [1.165, 1.54) is 7.11 Å². The van der Waals surface area contributed by atoms with Crippen LogP contribution in [0.4, 0.5) is 17.1 Å². The minimum atomic E-state index is -3.61. The summed E-state index contributed by atoms with van der Waals surface area (Å²) in [5.74, 6) is 0.493. The van der Waals surface area contributed by atoms with Gasteiger partial charge in [-0.05, 0) is 36.4 Å². The summed E-state index contributed by atoms with van der Waals surface area (Å²) in [7, 11) is -2.08. The highest BCUT2D eigenvalue weighted by molar-refractivity contribution is 7.92. The van der Waals surface area contributed by atoms with E-state index < -0.39 is 9.84 Å². The van der Waals surface area contributed by atoms with Crippen molar-refractivity contribution in [2.45, 2.75) is 9.79 Å². The first kappa shape index (κ1) is 16.2. The number of nitriles is 1. The second kappa shape index (κ2) is 5.90. The molecule has 1 heterocycles. The highest BCUT2D eigenvalue weighted by Crippen LogP contribution is 2.49. The van der Waals surface area contributed by atoms with Gasteiger partial charge in [0, 0.05) is 6.07 Å². The van der Waals surface area contributed by atoms with Crippen LogP contribution in [0.1, 0.15) is 5.56 Å². The lowest BCUT2D eigenvalue weighted by atomic mass is 10.1. The number of hydrogen-bond donors (Lipinski definition) is 0. The number of sulfone groups is 1. The summed E-state index contributed by atoms with van der Waals surface area (Å²) in [6.07, 6.45) is 0. The summed E-state index contributed by atoms with van der Waals surface area (Å²) < 4.78 is 31.5. The fourth-order valence-corrected chi connectivity index (χ4v) is 4.80. The Balaban J connectivity index is 2.07. The van der Waals surface area contributed by atoms with Crippen LogP contribution < -0.4 is 9.64 Å². The van der Waals surface area contributed by atoms with Gasteiger partial charge in [-0.1, -0.05) is 24.3 Å². The Morgan fingerprint density at radius 3 is 2.00 bits per heavy atom. The van der Waals surface area contributed by atoms with Gasteiger partial charge in [-0.25, -0.2) is 8.42 Å². The van der Waals surface area contributed by atoms with Gasteiger partial charge in [0.15, 0.2) is 0 Å². The second-order valence-electron chi connectivity index (χ2n) is 5.77. The molecule has 26 heavy (non-hydrogen) atoms. The molecule has 0 bridgehead atoms. The van der Waals surface area contributed by atoms with Gasteiger partial charge in [0.2, 0.25) is 9.84 Å². The lowest BCUT2D eigenvalue weighted by molar-refractivity contribution is 0.415. The average molecular weight is 362 g/mol. The smallest absolute Gasteiger partial charge is 0.210 e. The molecule has 3 aromatic carbocycles. The van der Waals surface area contributed by atoms with Crippen LogP contribution in [0.2, 0.25) is 0 Å². The zero-order chi connectivity index (χ0) is 18.3. The Bertz CT molecular complexity index is 1110. The topological polar surface area (TPSA) is 70.4 Å². The fourth-order valence-electron chi connectivity index (χ4n) is 3.18. The zero-order valence-electron chi connectivity index (χ0n) is 13.9. The molecule has 0 fully saturated rings. The van der Waals surface area contributed by atoms with E-state index in [4.69, 9.17) is 10.00 Å². The van der Waals surface area contributed by atoms with Crippen LogP contribution in [0, 0.1) is 11.3 Å². The summed E-state index contributed by atoms with van der Waals surface area (Å²) in [6, 6.07) is 20.9. The van der Waals surface area contributed by atoms with Crippen LogP contribution in [-0.2, 0) is 9.84 Å². The molecule has 0 saturated carbocycles. The van der Waals surface area contributed by atoms with Gasteiger partial charge < -0.3 is 9.64 Å². The van der Waals surface area contributed by atoms with Gasteiger partial charge >= 0.3 is 0 Å². The predicted molar refractivity (Wildman–Crippen MR) is 97.8 cm³/mol. The monoisotopic (exact) mass is 362 g/mol. The van der Waals surface area contributed by atoms with Gasteiger partial charge in [-0.2, -0.15) is 5.26 Å². The summed E-state index contributed by atoms with van der Waals surface area (Å²) in [4.78, 5) is 2.33. The van der Waals surface area contributed by atoms with E-state index in [2.05, 4.69) is 6.07 Å². The first-order valence-corrected chi connectivity index (χ1v) is 9.37. The summed E-state index contributed by atoms with van der Waals surface area (Å²) >= 11 is 0. The number of anilines is 3. The molecule has 5 nitrogen and oxygen atoms in total. The maximum Gasteiger partial charge on any atom is 0.210 e. The molecular formula is C20H14N2O3S. The van der Waals surface area contributed by atoms with E-state index in [0.29, 0.717) is 28.4 Å². The minimum Gasteiger partial charge on any atom is -0.495 e. The molecule has 0 atom stereocenters. The van der Waals surface area contributed by atoms with Gasteiger partial charge in [-0.15, -0.1) is 0 Å². The van der Waals surface area contributed by atoms with Crippen molar-refractivity contribution in [2.24, 2.45) is 0 Å². The maximum absolute atomic E-state index is 13.0. The maximum atomic E-state index is 13.0. The van der Waals surface area contributed by atoms with Crippen molar-refractivity contribution in [3.8, 4) is 11.8 Å². The molecule has 6 heteroatoms. The van der Waals surface area contributed by atoms with Crippen molar-refractivity contribution in [3.05, 3.63) is 72.3 Å². The molecule has 1 aliphatic rings. The quantitative estimate of drug-likeness (QED) is 0.535. The van der Waals surface area contributed by atoms with E-state index in [0.717, 1.165) is 0 Å². The minimum absolute atomic E-state index is 0.241. The van der Waals surface area contributed by atoms with Crippen molar-refractivity contribution in [2.75, 3.05) is 12.0 Å². The van der Waals surface area contributed by atoms with E-state index in [-0.39, 0.29) is 9.79 Å². The summed E-state index contributed by atoms with van der Waals surface area (Å²) in [6.45, 7) is 0. The molecule has 0 spiro atoms. The Hall–Kier alpha value is -3.30. The van der Waals surface area contributed by atoms with Crippen LogP contribution in [0.25, 0.3) is 0 Å². The van der Waals surface area contributed by atoms with E-state index in [9.17, 15) is 8.42 Å². The number of methoxy groups -OCH3 is 1. The zero-order valence-corrected chi connectivity index (χ0v) is 14.7. The number of benzene rings is 3. The first-order valence-electron chi connectivity index (χ1n) is 7.89. The highest BCUT2D eigenvalue weighted by Gasteiger charge is 2.35. The lowest BCUT2D eigenvalue weighted by Crippen LogP contribution is -2.22. The Kier molecular flexibility index (Phi) is 3.67. The lowest BCUT2D eigenvalue weighted by Gasteiger charge is -2.33. The van der Waals surface area contributed by atoms with Crippen LogP contribution in [0.15, 0.2) is 76.5 Å². The number of para-hydroxylation sites is 2. The van der Waals surface area contributed by atoms with Gasteiger partial charge in [0.1, 0.15) is 5.75 Å². The molecule has 4 rings (SSSR count). The van der Waals surface area contributed by atoms with Gasteiger partial charge in [-0.3, -0.25) is 0 Å². The average Bonchev–Trinajstić information content (AvgIpc) is 2.68. The third-order valence-electron chi connectivity index (χ3n) is 4.34. The Labute approximate surface area is 151 Å². The molecule has 0 unspecified atom stereocenters. The summed E-state index contributed by atoms with van der Waals surface area (Å²) in [5.41, 5.74) is 2.24. The van der Waals surface area contributed by atoms with Crippen molar-refractivity contribution in [3.63, 3.8) is 0 Å². The number of fused-ring (bicyclic) bond motifs is 2. The largest absolute Gasteiger partial charge is 0.495 e. The van der Waals surface area contributed by atoms with Crippen LogP contribution >= 0.6 is 0 Å². The normalized spacial score (nSPS) is 14.1. The number of nitrogens with zero attached hydrogens (tertiary/aromatic N) is 2.